The minimum absolute atomic E-state index is 0.0529. The van der Waals surface area contributed by atoms with E-state index >= 15 is 0 Å². The molecule has 1 saturated heterocycles. The van der Waals surface area contributed by atoms with Crippen LogP contribution in [0, 0.1) is 5.82 Å². The Balaban J connectivity index is 1.60. The maximum Gasteiger partial charge on any atom is 0.246 e. The number of carbonyl (C=O) groups excluding carboxylic acids is 1. The Morgan fingerprint density at radius 3 is 2.29 bits per heavy atom. The molecule has 0 N–H and O–H groups in total. The quantitative estimate of drug-likeness (QED) is 0.665. The molecule has 0 radical (unpaired) electrons. The summed E-state index contributed by atoms with van der Waals surface area (Å²) in [5, 5.41) is 0.325. The number of amides is 1. The highest BCUT2D eigenvalue weighted by molar-refractivity contribution is 8.00. The number of hydrogen-bond acceptors (Lipinski definition) is 4. The number of nitrogens with zero attached hydrogens (tertiary/aromatic N) is 2. The lowest BCUT2D eigenvalue weighted by molar-refractivity contribution is -0.131. The van der Waals surface area contributed by atoms with Crippen molar-refractivity contribution < 1.29 is 17.6 Å². The van der Waals surface area contributed by atoms with Gasteiger partial charge >= 0.3 is 0 Å². The molecular formula is C19H20ClFN2O3S2. The van der Waals surface area contributed by atoms with E-state index in [0.717, 1.165) is 11.0 Å². The molecule has 1 aliphatic rings. The Kier molecular flexibility index (Phi) is 6.65. The van der Waals surface area contributed by atoms with Crippen LogP contribution >= 0.6 is 23.4 Å². The van der Waals surface area contributed by atoms with E-state index in [4.69, 9.17) is 11.6 Å². The molecule has 150 valence electrons. The smallest absolute Gasteiger partial charge is 0.246 e. The van der Waals surface area contributed by atoms with E-state index in [-0.39, 0.29) is 42.2 Å². The Morgan fingerprint density at radius 2 is 1.68 bits per heavy atom. The molecule has 2 aromatic carbocycles. The summed E-state index contributed by atoms with van der Waals surface area (Å²) in [7, 11) is -3.91. The number of rotatable bonds is 5. The Hall–Kier alpha value is -1.61. The number of halogens is 2. The molecule has 1 atom stereocenters. The molecule has 1 aliphatic heterocycles. The van der Waals surface area contributed by atoms with Crippen molar-refractivity contribution in [1.82, 2.24) is 9.21 Å². The number of carbonyl (C=O) groups is 1. The second kappa shape index (κ2) is 8.82. The standard InChI is InChI=1S/C19H20ClFN2O3S2/c1-14(27-16-8-6-15(20)7-9-16)19(24)22-10-12-23(13-11-22)28(25,26)18-5-3-2-4-17(18)21/h2-9,14H,10-13H2,1H3. The van der Waals surface area contributed by atoms with Gasteiger partial charge in [-0.1, -0.05) is 23.7 Å². The Labute approximate surface area is 173 Å². The van der Waals surface area contributed by atoms with Crippen LogP contribution in [-0.2, 0) is 14.8 Å². The second-order valence-corrected chi connectivity index (χ2v) is 10.1. The number of thioether (sulfide) groups is 1. The highest BCUT2D eigenvalue weighted by Gasteiger charge is 2.33. The average Bonchev–Trinajstić information content (AvgIpc) is 2.69. The van der Waals surface area contributed by atoms with Crippen molar-refractivity contribution in [3.05, 3.63) is 59.4 Å². The van der Waals surface area contributed by atoms with Gasteiger partial charge in [0, 0.05) is 36.1 Å². The molecule has 3 rings (SSSR count). The maximum absolute atomic E-state index is 13.9. The lowest BCUT2D eigenvalue weighted by Gasteiger charge is -2.35. The zero-order valence-corrected chi connectivity index (χ0v) is 17.6. The summed E-state index contributed by atoms with van der Waals surface area (Å²) in [6, 6.07) is 12.6. The molecule has 1 unspecified atom stereocenters. The fourth-order valence-corrected chi connectivity index (χ4v) is 5.53. The number of benzene rings is 2. The normalized spacial score (nSPS) is 16.8. The monoisotopic (exact) mass is 442 g/mol. The third-order valence-corrected chi connectivity index (χ3v) is 7.76. The molecule has 1 amide bonds. The Morgan fingerprint density at radius 1 is 1.07 bits per heavy atom. The minimum Gasteiger partial charge on any atom is -0.339 e. The predicted octanol–water partition coefficient (Wildman–Crippen LogP) is 3.49. The minimum atomic E-state index is -3.91. The van der Waals surface area contributed by atoms with Gasteiger partial charge in [-0.2, -0.15) is 4.31 Å². The summed E-state index contributed by atoms with van der Waals surface area (Å²) in [5.74, 6) is -0.822. The van der Waals surface area contributed by atoms with Crippen LogP contribution in [-0.4, -0.2) is 55.0 Å². The summed E-state index contributed by atoms with van der Waals surface area (Å²) >= 11 is 7.30. The summed E-state index contributed by atoms with van der Waals surface area (Å²) in [4.78, 5) is 15.0. The van der Waals surface area contributed by atoms with Gasteiger partial charge in [0.1, 0.15) is 10.7 Å². The number of piperazine rings is 1. The van der Waals surface area contributed by atoms with Crippen molar-refractivity contribution in [2.45, 2.75) is 22.0 Å². The topological polar surface area (TPSA) is 57.7 Å². The van der Waals surface area contributed by atoms with E-state index < -0.39 is 15.8 Å². The van der Waals surface area contributed by atoms with Gasteiger partial charge in [0.05, 0.1) is 5.25 Å². The fraction of sp³-hybridized carbons (Fsp3) is 0.316. The fourth-order valence-electron chi connectivity index (χ4n) is 2.97. The van der Waals surface area contributed by atoms with Crippen molar-refractivity contribution >= 4 is 39.3 Å². The van der Waals surface area contributed by atoms with Crippen molar-refractivity contribution in [3.63, 3.8) is 0 Å². The average molecular weight is 443 g/mol. The van der Waals surface area contributed by atoms with Gasteiger partial charge in [-0.05, 0) is 43.3 Å². The zero-order chi connectivity index (χ0) is 20.3. The van der Waals surface area contributed by atoms with Crippen molar-refractivity contribution in [1.29, 1.82) is 0 Å². The summed E-state index contributed by atoms with van der Waals surface area (Å²) in [6.45, 7) is 2.65. The largest absolute Gasteiger partial charge is 0.339 e. The molecule has 0 aliphatic carbocycles. The molecule has 1 fully saturated rings. The van der Waals surface area contributed by atoms with Gasteiger partial charge in [0.2, 0.25) is 15.9 Å². The van der Waals surface area contributed by atoms with E-state index in [0.29, 0.717) is 5.02 Å². The van der Waals surface area contributed by atoms with Crippen LogP contribution in [0.1, 0.15) is 6.92 Å². The van der Waals surface area contributed by atoms with Crippen LogP contribution in [0.15, 0.2) is 58.3 Å². The first-order chi connectivity index (χ1) is 13.3. The number of sulfonamides is 1. The zero-order valence-electron chi connectivity index (χ0n) is 15.2. The molecule has 0 aromatic heterocycles. The molecule has 5 nitrogen and oxygen atoms in total. The van der Waals surface area contributed by atoms with E-state index in [1.165, 1.54) is 34.3 Å². The highest BCUT2D eigenvalue weighted by atomic mass is 35.5. The van der Waals surface area contributed by atoms with Gasteiger partial charge in [-0.3, -0.25) is 4.79 Å². The van der Waals surface area contributed by atoms with Crippen LogP contribution in [0.4, 0.5) is 4.39 Å². The SMILES string of the molecule is CC(Sc1ccc(Cl)cc1)C(=O)N1CCN(S(=O)(=O)c2ccccc2F)CC1. The van der Waals surface area contributed by atoms with Gasteiger partial charge < -0.3 is 4.90 Å². The Bertz CT molecular complexity index is 946. The third kappa shape index (κ3) is 4.68. The summed E-state index contributed by atoms with van der Waals surface area (Å²) in [5.41, 5.74) is 0. The molecule has 28 heavy (non-hydrogen) atoms. The second-order valence-electron chi connectivity index (χ2n) is 6.37. The van der Waals surface area contributed by atoms with E-state index in [2.05, 4.69) is 0 Å². The van der Waals surface area contributed by atoms with Crippen LogP contribution in [0.3, 0.4) is 0 Å². The van der Waals surface area contributed by atoms with Crippen molar-refractivity contribution in [2.24, 2.45) is 0 Å². The van der Waals surface area contributed by atoms with E-state index in [1.807, 2.05) is 19.1 Å². The van der Waals surface area contributed by atoms with Gasteiger partial charge in [0.15, 0.2) is 0 Å². The van der Waals surface area contributed by atoms with Crippen LogP contribution in [0.2, 0.25) is 5.02 Å². The highest BCUT2D eigenvalue weighted by Crippen LogP contribution is 2.27. The van der Waals surface area contributed by atoms with Gasteiger partial charge in [-0.15, -0.1) is 11.8 Å². The molecule has 9 heteroatoms. The van der Waals surface area contributed by atoms with E-state index in [9.17, 15) is 17.6 Å². The summed E-state index contributed by atoms with van der Waals surface area (Å²) < 4.78 is 40.4. The first-order valence-electron chi connectivity index (χ1n) is 8.75. The molecule has 0 spiro atoms. The first-order valence-corrected chi connectivity index (χ1v) is 11.4. The lowest BCUT2D eigenvalue weighted by Crippen LogP contribution is -2.52. The lowest BCUT2D eigenvalue weighted by atomic mass is 10.3. The third-order valence-electron chi connectivity index (χ3n) is 4.48. The van der Waals surface area contributed by atoms with Crippen LogP contribution in [0.25, 0.3) is 0 Å². The molecule has 1 heterocycles. The molecule has 0 saturated carbocycles. The van der Waals surface area contributed by atoms with Crippen molar-refractivity contribution in [2.75, 3.05) is 26.2 Å². The number of hydrogen-bond donors (Lipinski definition) is 0. The van der Waals surface area contributed by atoms with Crippen LogP contribution < -0.4 is 0 Å². The van der Waals surface area contributed by atoms with Crippen LogP contribution in [0.5, 0.6) is 0 Å². The summed E-state index contributed by atoms with van der Waals surface area (Å²) in [6.07, 6.45) is 0. The molecular weight excluding hydrogens is 423 g/mol. The predicted molar refractivity (Wildman–Crippen MR) is 109 cm³/mol. The molecule has 2 aromatic rings. The van der Waals surface area contributed by atoms with E-state index in [1.54, 1.807) is 17.0 Å². The van der Waals surface area contributed by atoms with Gasteiger partial charge in [0.25, 0.3) is 0 Å². The van der Waals surface area contributed by atoms with Crippen molar-refractivity contribution in [3.8, 4) is 0 Å². The maximum atomic E-state index is 13.9. The van der Waals surface area contributed by atoms with Gasteiger partial charge in [-0.25, -0.2) is 12.8 Å². The first kappa shape index (κ1) is 21.1. The molecule has 0 bridgehead atoms.